The van der Waals surface area contributed by atoms with Crippen molar-refractivity contribution in [2.45, 2.75) is 0 Å². The lowest BCUT2D eigenvalue weighted by Crippen LogP contribution is -1.91. The highest BCUT2D eigenvalue weighted by atomic mass is 14.3. The molecule has 0 saturated carbocycles. The molecule has 0 fully saturated rings. The molecule has 0 atom stereocenters. The van der Waals surface area contributed by atoms with Gasteiger partial charge in [0.2, 0.25) is 0 Å². The fourth-order valence-electron chi connectivity index (χ4n) is 6.32. The lowest BCUT2D eigenvalue weighted by Gasteiger charge is -2.11. The van der Waals surface area contributed by atoms with Gasteiger partial charge in [-0.2, -0.15) is 0 Å². The molecule has 2 aliphatic carbocycles. The first-order valence-electron chi connectivity index (χ1n) is 14.4. The van der Waals surface area contributed by atoms with Gasteiger partial charge in [-0.25, -0.2) is 0 Å². The quantitative estimate of drug-likeness (QED) is 0.157. The second kappa shape index (κ2) is 10.1. The van der Waals surface area contributed by atoms with Crippen LogP contribution >= 0.6 is 0 Å². The van der Waals surface area contributed by atoms with E-state index < -0.39 is 0 Å². The van der Waals surface area contributed by atoms with Gasteiger partial charge in [0.25, 0.3) is 0 Å². The van der Waals surface area contributed by atoms with Gasteiger partial charge >= 0.3 is 0 Å². The molecule has 0 aromatic heterocycles. The molecule has 0 heterocycles. The normalized spacial score (nSPS) is 12.0. The minimum Gasteiger partial charge on any atom is -0.102 e. The Kier molecular flexibility index (Phi) is 5.80. The summed E-state index contributed by atoms with van der Waals surface area (Å²) in [6, 6.07) is 56.0. The average molecular weight is 531 g/mol. The second-order valence-corrected chi connectivity index (χ2v) is 10.7. The van der Waals surface area contributed by atoms with Crippen LogP contribution in [-0.4, -0.2) is 0 Å². The van der Waals surface area contributed by atoms with Crippen molar-refractivity contribution in [2.75, 3.05) is 0 Å². The van der Waals surface area contributed by atoms with E-state index in [9.17, 15) is 0 Å². The van der Waals surface area contributed by atoms with Crippen LogP contribution in [0.2, 0.25) is 0 Å². The van der Waals surface area contributed by atoms with Crippen molar-refractivity contribution in [3.05, 3.63) is 203 Å². The summed E-state index contributed by atoms with van der Waals surface area (Å²) in [6.45, 7) is 0. The Bertz CT molecular complexity index is 1880. The minimum absolute atomic E-state index is 1.03. The third-order valence-electron chi connectivity index (χ3n) is 8.24. The summed E-state index contributed by atoms with van der Waals surface area (Å²) in [5.41, 5.74) is 24.3. The summed E-state index contributed by atoms with van der Waals surface area (Å²) in [5.74, 6) is 0. The number of allylic oxidation sites excluding steroid dienone is 2. The van der Waals surface area contributed by atoms with Crippen LogP contribution in [0, 0.1) is 0 Å². The summed E-state index contributed by atoms with van der Waals surface area (Å²) >= 11 is 0. The third kappa shape index (κ3) is 3.95. The van der Waals surface area contributed by atoms with Crippen molar-refractivity contribution in [1.82, 2.24) is 0 Å². The molecule has 0 aliphatic heterocycles. The van der Waals surface area contributed by atoms with Crippen molar-refractivity contribution < 1.29 is 0 Å². The molecule has 6 aromatic rings. The van der Waals surface area contributed by atoms with E-state index in [4.69, 9.17) is 0 Å². The minimum atomic E-state index is 1.03. The first-order chi connectivity index (χ1) is 20.9. The van der Waals surface area contributed by atoms with Crippen LogP contribution in [-0.2, 0) is 0 Å². The molecule has 2 aliphatic rings. The summed E-state index contributed by atoms with van der Waals surface area (Å²) in [4.78, 5) is 0. The average Bonchev–Trinajstić information content (AvgIpc) is 3.56. The number of hydrogen-bond acceptors (Lipinski definition) is 0. The number of benzene rings is 6. The van der Waals surface area contributed by atoms with Gasteiger partial charge in [-0.05, 0) is 55.6 Å². The van der Waals surface area contributed by atoms with Gasteiger partial charge in [-0.1, -0.05) is 158 Å². The summed E-state index contributed by atoms with van der Waals surface area (Å²) in [5, 5.41) is 0. The molecule has 42 heavy (non-hydrogen) atoms. The molecule has 0 heteroatoms. The fraction of sp³-hybridized carbons (Fsp3) is 0. The first-order valence-corrected chi connectivity index (χ1v) is 14.4. The van der Waals surface area contributed by atoms with E-state index in [0.29, 0.717) is 0 Å². The van der Waals surface area contributed by atoms with Gasteiger partial charge in [0.15, 0.2) is 0 Å². The van der Waals surface area contributed by atoms with Gasteiger partial charge in [0.1, 0.15) is 0 Å². The maximum absolute atomic E-state index is 3.99. The molecule has 0 bridgehead atoms. The Hall–Kier alpha value is -5.64. The molecule has 0 nitrogen and oxygen atoms in total. The van der Waals surface area contributed by atoms with E-state index in [-0.39, 0.29) is 0 Å². The Labute approximate surface area is 246 Å². The topological polar surface area (TPSA) is 0 Å². The third-order valence-corrected chi connectivity index (χ3v) is 8.24. The maximum atomic E-state index is 3.99. The van der Waals surface area contributed by atoms with Crippen LogP contribution in [0.3, 0.4) is 0 Å². The lowest BCUT2D eigenvalue weighted by atomic mass is 9.90. The summed E-state index contributed by atoms with van der Waals surface area (Å²) < 4.78 is 0. The van der Waals surface area contributed by atoms with E-state index in [1.807, 2.05) is 0 Å². The van der Waals surface area contributed by atoms with Crippen molar-refractivity contribution >= 4 is 22.3 Å². The molecule has 0 unspecified atom stereocenters. The van der Waals surface area contributed by atoms with Gasteiger partial charge in [-0.3, -0.25) is 0 Å². The first kappa shape index (κ1) is 24.2. The summed E-state index contributed by atoms with van der Waals surface area (Å²) in [7, 11) is 0. The van der Waals surface area contributed by atoms with Crippen molar-refractivity contribution in [3.8, 4) is 22.3 Å². The van der Waals surface area contributed by atoms with E-state index in [2.05, 4.69) is 169 Å². The molecule has 0 radical (unpaired) electrons. The van der Waals surface area contributed by atoms with Crippen LogP contribution in [0.4, 0.5) is 0 Å². The highest BCUT2D eigenvalue weighted by Crippen LogP contribution is 2.46. The van der Waals surface area contributed by atoms with Crippen LogP contribution in [0.25, 0.3) is 44.5 Å². The summed E-state index contributed by atoms with van der Waals surface area (Å²) in [6.07, 6.45) is 0. The Morgan fingerprint density at radius 3 is 0.786 bits per heavy atom. The number of hydrogen-bond donors (Lipinski definition) is 0. The van der Waals surface area contributed by atoms with Gasteiger partial charge < -0.3 is 0 Å². The Balaban J connectivity index is 1.54. The number of fused-ring (bicyclic) bond motifs is 6. The zero-order valence-corrected chi connectivity index (χ0v) is 23.0. The molecule has 6 aromatic carbocycles. The standard InChI is InChI=1S/C42H26/c1-3-15-29(16-4-1)39(27-41-35-23-11-7-19-31(35)32-20-8-12-24-36(32)41)40(30-17-5-2-6-18-30)28-42-37-25-13-9-21-33(37)34-22-10-14-26-38(34)42/h1-26H. The highest BCUT2D eigenvalue weighted by molar-refractivity contribution is 6.12. The number of rotatable bonds is 3. The predicted molar refractivity (Wildman–Crippen MR) is 175 cm³/mol. The zero-order chi connectivity index (χ0) is 27.9. The predicted octanol–water partition coefficient (Wildman–Crippen LogP) is 10.6. The van der Waals surface area contributed by atoms with E-state index in [1.165, 1.54) is 44.5 Å². The molecule has 0 amide bonds. The van der Waals surface area contributed by atoms with E-state index in [1.54, 1.807) is 0 Å². The van der Waals surface area contributed by atoms with Crippen molar-refractivity contribution in [3.63, 3.8) is 0 Å². The Morgan fingerprint density at radius 1 is 0.262 bits per heavy atom. The van der Waals surface area contributed by atoms with Crippen molar-refractivity contribution in [1.29, 1.82) is 0 Å². The fourth-order valence-corrected chi connectivity index (χ4v) is 6.32. The Morgan fingerprint density at radius 2 is 0.500 bits per heavy atom. The maximum Gasteiger partial charge on any atom is 0.0400 e. The van der Waals surface area contributed by atoms with Crippen LogP contribution in [0.15, 0.2) is 169 Å². The second-order valence-electron chi connectivity index (χ2n) is 10.7. The van der Waals surface area contributed by atoms with Crippen LogP contribution in [0.1, 0.15) is 33.4 Å². The molecule has 8 rings (SSSR count). The van der Waals surface area contributed by atoms with Crippen LogP contribution < -0.4 is 0 Å². The molecular formula is C42H26. The monoisotopic (exact) mass is 530 g/mol. The van der Waals surface area contributed by atoms with E-state index in [0.717, 1.165) is 33.4 Å². The SMILES string of the molecule is C(=C(C(=C=C1c2ccccc2-c2ccccc21)c1ccccc1)c1ccccc1)=C1c2ccccc2-c2ccccc21. The van der Waals surface area contributed by atoms with Gasteiger partial charge in [0.05, 0.1) is 0 Å². The zero-order valence-electron chi connectivity index (χ0n) is 23.0. The smallest absolute Gasteiger partial charge is 0.0400 e. The highest BCUT2D eigenvalue weighted by Gasteiger charge is 2.25. The molecule has 0 saturated heterocycles. The molecule has 0 spiro atoms. The largest absolute Gasteiger partial charge is 0.102 e. The molecule has 0 N–H and O–H groups in total. The molecular weight excluding hydrogens is 504 g/mol. The van der Waals surface area contributed by atoms with Gasteiger partial charge in [0, 0.05) is 22.3 Å². The van der Waals surface area contributed by atoms with E-state index >= 15 is 0 Å². The van der Waals surface area contributed by atoms with Gasteiger partial charge in [-0.15, -0.1) is 11.5 Å². The molecule has 194 valence electrons. The van der Waals surface area contributed by atoms with Crippen molar-refractivity contribution in [2.24, 2.45) is 0 Å². The lowest BCUT2D eigenvalue weighted by molar-refractivity contribution is 1.58. The van der Waals surface area contributed by atoms with Crippen LogP contribution in [0.5, 0.6) is 0 Å².